The van der Waals surface area contributed by atoms with Crippen LogP contribution < -0.4 is 15.2 Å². The Morgan fingerprint density at radius 2 is 2.06 bits per heavy atom. The van der Waals surface area contributed by atoms with Crippen molar-refractivity contribution in [3.05, 3.63) is 65.0 Å². The molecule has 0 saturated carbocycles. The molecule has 1 aromatic carbocycles. The Bertz CT molecular complexity index is 1060. The van der Waals surface area contributed by atoms with Gasteiger partial charge in [-0.2, -0.15) is 0 Å². The first-order chi connectivity index (χ1) is 15.0. The maximum Gasteiger partial charge on any atom is 0.228 e. The van der Waals surface area contributed by atoms with Crippen LogP contribution in [0.2, 0.25) is 5.02 Å². The molecule has 2 heterocycles. The fraction of sp³-hybridized carbons (Fsp3) is 0.182. The third-order valence-electron chi connectivity index (χ3n) is 4.09. The summed E-state index contributed by atoms with van der Waals surface area (Å²) in [6.07, 6.45) is 5.24. The highest BCUT2D eigenvalue weighted by molar-refractivity contribution is 8.00. The number of aromatic nitrogens is 1. The van der Waals surface area contributed by atoms with Crippen LogP contribution in [0.5, 0.6) is 5.88 Å². The van der Waals surface area contributed by atoms with Gasteiger partial charge in [0, 0.05) is 42.0 Å². The van der Waals surface area contributed by atoms with Gasteiger partial charge in [-0.1, -0.05) is 23.7 Å². The summed E-state index contributed by atoms with van der Waals surface area (Å²) in [4.78, 5) is 17.6. The van der Waals surface area contributed by atoms with Crippen molar-refractivity contribution in [1.29, 1.82) is 0 Å². The largest absolute Gasteiger partial charge is 0.480 e. The molecule has 0 bridgehead atoms. The molecule has 162 valence electrons. The highest BCUT2D eigenvalue weighted by atomic mass is 35.5. The summed E-state index contributed by atoms with van der Waals surface area (Å²) in [5, 5.41) is 0.548. The Morgan fingerprint density at radius 1 is 1.29 bits per heavy atom. The van der Waals surface area contributed by atoms with Gasteiger partial charge in [0.2, 0.25) is 5.88 Å². The van der Waals surface area contributed by atoms with E-state index < -0.39 is 0 Å². The molecule has 0 atom stereocenters. The van der Waals surface area contributed by atoms with Crippen LogP contribution in [0.15, 0.2) is 74.3 Å². The minimum Gasteiger partial charge on any atom is -0.480 e. The van der Waals surface area contributed by atoms with Gasteiger partial charge in [0.05, 0.1) is 17.0 Å². The lowest BCUT2D eigenvalue weighted by molar-refractivity contribution is 0.387. The second kappa shape index (κ2) is 12.0. The molecule has 3 N–H and O–H groups in total. The monoisotopic (exact) mass is 456 g/mol. The molecule has 1 aliphatic heterocycles. The van der Waals surface area contributed by atoms with E-state index in [1.54, 1.807) is 32.6 Å². The summed E-state index contributed by atoms with van der Waals surface area (Å²) in [5.41, 5.74) is 9.16. The third kappa shape index (κ3) is 6.27. The van der Waals surface area contributed by atoms with Crippen LogP contribution in [0.1, 0.15) is 12.5 Å². The van der Waals surface area contributed by atoms with E-state index in [-0.39, 0.29) is 0 Å². The molecular formula is C22H25ClN6OS. The number of pyridine rings is 1. The quantitative estimate of drug-likeness (QED) is 0.475. The average molecular weight is 457 g/mol. The summed E-state index contributed by atoms with van der Waals surface area (Å²) < 4.78 is 8.61. The zero-order valence-corrected chi connectivity index (χ0v) is 19.5. The average Bonchev–Trinajstić information content (AvgIpc) is 2.80. The molecular weight excluding hydrogens is 432 g/mol. The number of amidine groups is 1. The van der Waals surface area contributed by atoms with Crippen LogP contribution in [-0.4, -0.2) is 44.5 Å². The minimum atomic E-state index is 0.513. The predicted molar refractivity (Wildman–Crippen MR) is 134 cm³/mol. The highest BCUT2D eigenvalue weighted by Crippen LogP contribution is 2.32. The molecule has 0 amide bonds. The first kappa shape index (κ1) is 24.3. The van der Waals surface area contributed by atoms with Gasteiger partial charge < -0.3 is 15.2 Å². The number of ether oxygens (including phenoxy) is 1. The number of hydrogen-bond acceptors (Lipinski definition) is 7. The second-order valence-electron chi connectivity index (χ2n) is 6.02. The van der Waals surface area contributed by atoms with Crippen LogP contribution in [0, 0.1) is 0 Å². The van der Waals surface area contributed by atoms with Crippen LogP contribution in [0.4, 0.5) is 5.69 Å². The normalized spacial score (nSPS) is 15.5. The van der Waals surface area contributed by atoms with Crippen molar-refractivity contribution in [2.75, 3.05) is 25.9 Å². The van der Waals surface area contributed by atoms with Crippen LogP contribution in [0.25, 0.3) is 5.57 Å². The molecule has 1 aliphatic rings. The standard InChI is InChI=1S/C21H20ClN5OS.CH5N/c1-13-18(9-15(11-23-2)20(24-3)26-13)14-6-5-7-17(8-14)27-29-19-10-16(22)12-25-21(19)28-4;1-2/h5-12,27H,2H2,1,3-4H3;2H2,1H3/b15-11-,24-20?;. The molecule has 0 fully saturated rings. The molecule has 0 spiro atoms. The number of halogens is 1. The van der Waals surface area contributed by atoms with Gasteiger partial charge in [-0.25, -0.2) is 9.98 Å². The number of benzene rings is 1. The fourth-order valence-corrected chi connectivity index (χ4v) is 3.76. The van der Waals surface area contributed by atoms with E-state index in [1.165, 1.54) is 19.0 Å². The van der Waals surface area contributed by atoms with E-state index in [2.05, 4.69) is 43.2 Å². The minimum absolute atomic E-state index is 0.513. The summed E-state index contributed by atoms with van der Waals surface area (Å²) in [6.45, 7) is 5.50. The van der Waals surface area contributed by atoms with Crippen molar-refractivity contribution in [3.8, 4) is 5.88 Å². The summed E-state index contributed by atoms with van der Waals surface area (Å²) in [6, 6.07) is 9.86. The summed E-state index contributed by atoms with van der Waals surface area (Å²) in [7, 11) is 4.79. The highest BCUT2D eigenvalue weighted by Gasteiger charge is 2.16. The summed E-state index contributed by atoms with van der Waals surface area (Å²) >= 11 is 7.44. The van der Waals surface area contributed by atoms with Gasteiger partial charge >= 0.3 is 0 Å². The van der Waals surface area contributed by atoms with Gasteiger partial charge in [0.1, 0.15) is 0 Å². The van der Waals surface area contributed by atoms with E-state index in [1.807, 2.05) is 31.2 Å². The zero-order chi connectivity index (χ0) is 22.8. The topological polar surface area (TPSA) is 97.2 Å². The molecule has 0 saturated heterocycles. The van der Waals surface area contributed by atoms with Gasteiger partial charge in [0.25, 0.3) is 0 Å². The van der Waals surface area contributed by atoms with E-state index in [0.717, 1.165) is 33.0 Å². The first-order valence-electron chi connectivity index (χ1n) is 9.26. The Hall–Kier alpha value is -2.94. The number of aliphatic imine (C=N–C) groups is 3. The van der Waals surface area contributed by atoms with Gasteiger partial charge in [-0.3, -0.25) is 9.98 Å². The van der Waals surface area contributed by atoms with Crippen molar-refractivity contribution in [2.45, 2.75) is 11.8 Å². The van der Waals surface area contributed by atoms with E-state index in [4.69, 9.17) is 16.3 Å². The van der Waals surface area contributed by atoms with Crippen LogP contribution >= 0.6 is 23.5 Å². The Morgan fingerprint density at radius 3 is 2.74 bits per heavy atom. The first-order valence-corrected chi connectivity index (χ1v) is 10.5. The smallest absolute Gasteiger partial charge is 0.228 e. The lowest BCUT2D eigenvalue weighted by Crippen LogP contribution is -2.11. The van der Waals surface area contributed by atoms with Crippen molar-refractivity contribution in [1.82, 2.24) is 4.98 Å². The molecule has 2 aromatic rings. The molecule has 9 heteroatoms. The van der Waals surface area contributed by atoms with Crippen molar-refractivity contribution in [3.63, 3.8) is 0 Å². The van der Waals surface area contributed by atoms with E-state index >= 15 is 0 Å². The van der Waals surface area contributed by atoms with E-state index in [9.17, 15) is 0 Å². The van der Waals surface area contributed by atoms with Crippen LogP contribution in [0.3, 0.4) is 0 Å². The second-order valence-corrected chi connectivity index (χ2v) is 7.30. The Balaban J connectivity index is 0.00000166. The number of nitrogens with two attached hydrogens (primary N) is 1. The molecule has 1 aromatic heterocycles. The number of nitrogens with zero attached hydrogens (tertiary/aromatic N) is 4. The van der Waals surface area contributed by atoms with Crippen molar-refractivity contribution >= 4 is 53.1 Å². The van der Waals surface area contributed by atoms with Crippen molar-refractivity contribution < 1.29 is 4.74 Å². The lowest BCUT2D eigenvalue weighted by Gasteiger charge is -2.16. The maximum absolute atomic E-state index is 6.05. The number of rotatable bonds is 6. The van der Waals surface area contributed by atoms with Crippen LogP contribution in [-0.2, 0) is 0 Å². The number of methoxy groups -OCH3 is 1. The molecule has 7 nitrogen and oxygen atoms in total. The van der Waals surface area contributed by atoms with Crippen molar-refractivity contribution in [2.24, 2.45) is 20.7 Å². The molecule has 0 unspecified atom stereocenters. The molecule has 3 rings (SSSR count). The van der Waals surface area contributed by atoms with Gasteiger partial charge in [-0.05, 0) is 62.5 Å². The molecule has 31 heavy (non-hydrogen) atoms. The Labute approximate surface area is 192 Å². The maximum atomic E-state index is 6.05. The van der Waals surface area contributed by atoms with E-state index in [0.29, 0.717) is 16.7 Å². The summed E-state index contributed by atoms with van der Waals surface area (Å²) in [5.74, 6) is 1.16. The third-order valence-corrected chi connectivity index (χ3v) is 5.15. The Kier molecular flexibility index (Phi) is 9.45. The number of dihydropyridines is 1. The van der Waals surface area contributed by atoms with Gasteiger partial charge in [-0.15, -0.1) is 0 Å². The van der Waals surface area contributed by atoms with Gasteiger partial charge in [0.15, 0.2) is 5.84 Å². The number of allylic oxidation sites excluding steroid dienone is 1. The molecule has 0 radical (unpaired) electrons. The zero-order valence-electron chi connectivity index (χ0n) is 17.9. The fourth-order valence-electron chi connectivity index (χ4n) is 2.77. The number of hydrogen-bond donors (Lipinski definition) is 2. The number of anilines is 1. The SMILES string of the molecule is C=N/C=C1/C=C(c2cccc(NSc3cc(Cl)cnc3OC)c2)C(C)=NC1=NC.CN. The molecule has 0 aliphatic carbocycles. The number of nitrogens with one attached hydrogen (secondary N) is 1. The predicted octanol–water partition coefficient (Wildman–Crippen LogP) is 4.91. The lowest BCUT2D eigenvalue weighted by atomic mass is 9.96.